The van der Waals surface area contributed by atoms with Gasteiger partial charge in [0.2, 0.25) is 5.91 Å². The molecule has 0 spiro atoms. The quantitative estimate of drug-likeness (QED) is 0.568. The lowest BCUT2D eigenvalue weighted by molar-refractivity contribution is -0.121. The summed E-state index contributed by atoms with van der Waals surface area (Å²) in [6, 6.07) is 16.3. The van der Waals surface area contributed by atoms with Gasteiger partial charge in [0.05, 0.1) is 17.0 Å². The molecule has 1 aliphatic rings. The molecule has 1 saturated carbocycles. The third kappa shape index (κ3) is 3.86. The van der Waals surface area contributed by atoms with E-state index in [0.29, 0.717) is 17.4 Å². The predicted octanol–water partition coefficient (Wildman–Crippen LogP) is 1.71. The number of benzene rings is 2. The Morgan fingerprint density at radius 3 is 2.52 bits per heavy atom. The van der Waals surface area contributed by atoms with Crippen LogP contribution in [0.5, 0.6) is 0 Å². The zero-order valence-corrected chi connectivity index (χ0v) is 15.9. The van der Waals surface area contributed by atoms with Crippen LogP contribution in [-0.4, -0.2) is 27.1 Å². The minimum absolute atomic E-state index is 0.105. The first-order chi connectivity index (χ1) is 14.0. The van der Waals surface area contributed by atoms with E-state index in [-0.39, 0.29) is 24.3 Å². The fraction of sp³-hybridized carbons (Fsp3) is 0.318. The molecule has 4 rings (SSSR count). The van der Waals surface area contributed by atoms with Crippen molar-refractivity contribution in [2.75, 3.05) is 6.54 Å². The smallest absolute Gasteiger partial charge is 0.328 e. The van der Waals surface area contributed by atoms with Crippen molar-refractivity contribution in [1.82, 2.24) is 14.9 Å². The van der Waals surface area contributed by atoms with Gasteiger partial charge >= 0.3 is 5.69 Å². The Kier molecular flexibility index (Phi) is 5.07. The van der Waals surface area contributed by atoms with E-state index in [1.165, 1.54) is 4.57 Å². The topological polar surface area (TPSA) is 104 Å². The van der Waals surface area contributed by atoms with E-state index in [9.17, 15) is 19.5 Å². The number of para-hydroxylation sites is 1. The molecule has 7 heteroatoms. The van der Waals surface area contributed by atoms with E-state index >= 15 is 0 Å². The van der Waals surface area contributed by atoms with E-state index in [4.69, 9.17) is 0 Å². The number of hydrogen-bond acceptors (Lipinski definition) is 4. The SMILES string of the molecule is O=C(CCn1c(=O)[nH]c(=O)c2ccccc21)NCC1([C@@H](O)c2ccccc2)CC1. The number of aryl methyl sites for hydroxylation is 1. The average molecular weight is 393 g/mol. The maximum Gasteiger partial charge on any atom is 0.328 e. The maximum absolute atomic E-state index is 12.4. The zero-order chi connectivity index (χ0) is 20.4. The number of amides is 1. The Hall–Kier alpha value is -3.19. The van der Waals surface area contributed by atoms with Crippen molar-refractivity contribution >= 4 is 16.8 Å². The van der Waals surface area contributed by atoms with Crippen molar-refractivity contribution in [3.05, 3.63) is 81.0 Å². The summed E-state index contributed by atoms with van der Waals surface area (Å²) in [4.78, 5) is 38.8. The number of fused-ring (bicyclic) bond motifs is 1. The van der Waals surface area contributed by atoms with Gasteiger partial charge < -0.3 is 10.4 Å². The average Bonchev–Trinajstić information content (AvgIpc) is 3.53. The van der Waals surface area contributed by atoms with Crippen LogP contribution < -0.4 is 16.6 Å². The number of nitrogens with one attached hydrogen (secondary N) is 2. The van der Waals surface area contributed by atoms with Crippen LogP contribution in [-0.2, 0) is 11.3 Å². The molecule has 2 aromatic carbocycles. The van der Waals surface area contributed by atoms with Gasteiger partial charge in [0.25, 0.3) is 5.56 Å². The number of aromatic amines is 1. The summed E-state index contributed by atoms with van der Waals surface area (Å²) in [6.07, 6.45) is 1.20. The van der Waals surface area contributed by atoms with Crippen molar-refractivity contribution in [2.24, 2.45) is 5.41 Å². The summed E-state index contributed by atoms with van der Waals surface area (Å²) in [6.45, 7) is 0.555. The Balaban J connectivity index is 1.40. The van der Waals surface area contributed by atoms with Crippen LogP contribution in [0.25, 0.3) is 10.9 Å². The minimum Gasteiger partial charge on any atom is -0.388 e. The van der Waals surface area contributed by atoms with Crippen LogP contribution in [0.4, 0.5) is 0 Å². The molecule has 0 saturated heterocycles. The van der Waals surface area contributed by atoms with Gasteiger partial charge in [0, 0.05) is 24.9 Å². The number of rotatable bonds is 7. The van der Waals surface area contributed by atoms with Gasteiger partial charge in [-0.3, -0.25) is 19.1 Å². The molecule has 150 valence electrons. The molecule has 0 radical (unpaired) electrons. The first-order valence-corrected chi connectivity index (χ1v) is 9.72. The van der Waals surface area contributed by atoms with Crippen LogP contribution in [0.15, 0.2) is 64.2 Å². The highest BCUT2D eigenvalue weighted by atomic mass is 16.3. The van der Waals surface area contributed by atoms with Crippen molar-refractivity contribution in [3.8, 4) is 0 Å². The Morgan fingerprint density at radius 2 is 1.79 bits per heavy atom. The highest BCUT2D eigenvalue weighted by Crippen LogP contribution is 2.54. The molecule has 3 N–H and O–H groups in total. The Morgan fingerprint density at radius 1 is 1.10 bits per heavy atom. The molecule has 1 heterocycles. The number of carbonyl (C=O) groups excluding carboxylic acids is 1. The van der Waals surface area contributed by atoms with Crippen molar-refractivity contribution in [1.29, 1.82) is 0 Å². The van der Waals surface area contributed by atoms with E-state index in [0.717, 1.165) is 18.4 Å². The third-order valence-corrected chi connectivity index (χ3v) is 5.69. The lowest BCUT2D eigenvalue weighted by Gasteiger charge is -2.23. The summed E-state index contributed by atoms with van der Waals surface area (Å²) in [5.41, 5.74) is 0.0766. The highest BCUT2D eigenvalue weighted by Gasteiger charge is 2.49. The first kappa shape index (κ1) is 19.1. The molecule has 3 aromatic rings. The predicted molar refractivity (Wildman–Crippen MR) is 110 cm³/mol. The largest absolute Gasteiger partial charge is 0.388 e. The minimum atomic E-state index is -0.616. The molecule has 1 fully saturated rings. The highest BCUT2D eigenvalue weighted by molar-refractivity contribution is 5.78. The van der Waals surface area contributed by atoms with Crippen LogP contribution in [0.3, 0.4) is 0 Å². The molecule has 0 bridgehead atoms. The number of nitrogens with zero attached hydrogens (tertiary/aromatic N) is 1. The van der Waals surface area contributed by atoms with Gasteiger partial charge in [-0.15, -0.1) is 0 Å². The summed E-state index contributed by atoms with van der Waals surface area (Å²) in [7, 11) is 0. The monoisotopic (exact) mass is 393 g/mol. The van der Waals surface area contributed by atoms with Crippen molar-refractivity contribution in [2.45, 2.75) is 31.9 Å². The second-order valence-electron chi connectivity index (χ2n) is 7.63. The molecule has 0 aliphatic heterocycles. The van der Waals surface area contributed by atoms with E-state index in [2.05, 4.69) is 10.3 Å². The number of aliphatic hydroxyl groups excluding tert-OH is 1. The number of aliphatic hydroxyl groups is 1. The second kappa shape index (κ2) is 7.67. The third-order valence-electron chi connectivity index (χ3n) is 5.69. The van der Waals surface area contributed by atoms with Gasteiger partial charge in [-0.2, -0.15) is 0 Å². The van der Waals surface area contributed by atoms with Gasteiger partial charge in [0.1, 0.15) is 0 Å². The molecular formula is C22H23N3O4. The van der Waals surface area contributed by atoms with Crippen molar-refractivity contribution in [3.63, 3.8) is 0 Å². The summed E-state index contributed by atoms with van der Waals surface area (Å²) in [5.74, 6) is -0.196. The summed E-state index contributed by atoms with van der Waals surface area (Å²) < 4.78 is 1.40. The Bertz CT molecular complexity index is 1150. The molecule has 1 amide bonds. The van der Waals surface area contributed by atoms with Crippen LogP contribution >= 0.6 is 0 Å². The molecule has 7 nitrogen and oxygen atoms in total. The number of aromatic nitrogens is 2. The standard InChI is InChI=1S/C22H23N3O4/c26-18(23-14-22(11-12-22)19(27)15-6-2-1-3-7-15)10-13-25-17-9-5-4-8-16(17)20(28)24-21(25)29/h1-9,19,27H,10-14H2,(H,23,26)(H,24,28,29)/t19-/m0/s1. The fourth-order valence-corrected chi connectivity index (χ4v) is 3.74. The number of H-pyrrole nitrogens is 1. The van der Waals surface area contributed by atoms with E-state index < -0.39 is 17.4 Å². The molecule has 1 atom stereocenters. The van der Waals surface area contributed by atoms with E-state index in [1.807, 2.05) is 30.3 Å². The normalized spacial score (nSPS) is 15.8. The van der Waals surface area contributed by atoms with Crippen molar-refractivity contribution < 1.29 is 9.90 Å². The second-order valence-corrected chi connectivity index (χ2v) is 7.63. The lowest BCUT2D eigenvalue weighted by atomic mass is 9.92. The molecule has 1 aromatic heterocycles. The maximum atomic E-state index is 12.4. The summed E-state index contributed by atoms with van der Waals surface area (Å²) in [5, 5.41) is 14.0. The number of hydrogen-bond donors (Lipinski definition) is 3. The first-order valence-electron chi connectivity index (χ1n) is 9.72. The fourth-order valence-electron chi connectivity index (χ4n) is 3.74. The molecule has 0 unspecified atom stereocenters. The number of carbonyl (C=O) groups is 1. The van der Waals surface area contributed by atoms with Crippen LogP contribution in [0.2, 0.25) is 0 Å². The molecular weight excluding hydrogens is 370 g/mol. The zero-order valence-electron chi connectivity index (χ0n) is 15.9. The lowest BCUT2D eigenvalue weighted by Crippen LogP contribution is -2.35. The summed E-state index contributed by atoms with van der Waals surface area (Å²) >= 11 is 0. The van der Waals surface area contributed by atoms with Crippen LogP contribution in [0, 0.1) is 5.41 Å². The van der Waals surface area contributed by atoms with Gasteiger partial charge in [0.15, 0.2) is 0 Å². The molecule has 29 heavy (non-hydrogen) atoms. The van der Waals surface area contributed by atoms with Crippen LogP contribution in [0.1, 0.15) is 30.9 Å². The van der Waals surface area contributed by atoms with E-state index in [1.54, 1.807) is 24.3 Å². The Labute approximate surface area is 167 Å². The van der Waals surface area contributed by atoms with Gasteiger partial charge in [-0.1, -0.05) is 42.5 Å². The van der Waals surface area contributed by atoms with Gasteiger partial charge in [-0.05, 0) is 30.5 Å². The molecule has 1 aliphatic carbocycles. The van der Waals surface area contributed by atoms with Gasteiger partial charge in [-0.25, -0.2) is 4.79 Å².